The Labute approximate surface area is 195 Å². The highest BCUT2D eigenvalue weighted by atomic mass is 19.1. The van der Waals surface area contributed by atoms with E-state index in [1.807, 2.05) is 12.1 Å². The second-order valence-electron chi connectivity index (χ2n) is 10.4. The minimum atomic E-state index is -0.329. The quantitative estimate of drug-likeness (QED) is 0.681. The Balaban J connectivity index is 1.36. The number of carbonyl (C=O) groups is 1. The van der Waals surface area contributed by atoms with E-state index < -0.39 is 0 Å². The van der Waals surface area contributed by atoms with Crippen molar-refractivity contribution in [3.63, 3.8) is 0 Å². The van der Waals surface area contributed by atoms with Crippen molar-refractivity contribution in [2.45, 2.75) is 51.7 Å². The van der Waals surface area contributed by atoms with Crippen LogP contribution in [0.25, 0.3) is 11.1 Å². The molecule has 3 heterocycles. The smallest absolute Gasteiger partial charge is 0.407 e. The van der Waals surface area contributed by atoms with E-state index in [9.17, 15) is 9.18 Å². The summed E-state index contributed by atoms with van der Waals surface area (Å²) in [4.78, 5) is 15.3. The second kappa shape index (κ2) is 8.64. The van der Waals surface area contributed by atoms with Crippen LogP contribution in [0.3, 0.4) is 0 Å². The highest BCUT2D eigenvalue weighted by Crippen LogP contribution is 2.45. The molecule has 2 aromatic rings. The van der Waals surface area contributed by atoms with Crippen molar-refractivity contribution in [2.75, 3.05) is 26.7 Å². The summed E-state index contributed by atoms with van der Waals surface area (Å²) in [7, 11) is 1.53. The summed E-state index contributed by atoms with van der Waals surface area (Å²) < 4.78 is 25.7. The lowest BCUT2D eigenvalue weighted by atomic mass is 9.70. The second-order valence-corrected chi connectivity index (χ2v) is 10.4. The number of piperidine rings is 3. The molecule has 0 spiro atoms. The fraction of sp³-hybridized carbons (Fsp3) is 0.519. The summed E-state index contributed by atoms with van der Waals surface area (Å²) >= 11 is 0. The van der Waals surface area contributed by atoms with E-state index in [0.717, 1.165) is 62.0 Å². The molecule has 6 rings (SSSR count). The van der Waals surface area contributed by atoms with Gasteiger partial charge >= 0.3 is 6.09 Å². The van der Waals surface area contributed by atoms with Gasteiger partial charge in [0.2, 0.25) is 0 Å². The molecule has 0 saturated carbocycles. The molecule has 176 valence electrons. The SMILES string of the molecule is COc1ccc(-c2ccc3c(c2)CCC(C)(C)[C@H]3NC(=O)O[C@H]2CN3CCC2CC3)c(F)c1. The fourth-order valence-corrected chi connectivity index (χ4v) is 5.76. The number of hydrogen-bond acceptors (Lipinski definition) is 4. The third kappa shape index (κ3) is 4.33. The molecule has 0 aromatic heterocycles. The third-order valence-corrected chi connectivity index (χ3v) is 7.88. The molecule has 3 aliphatic heterocycles. The number of benzene rings is 2. The van der Waals surface area contributed by atoms with Crippen LogP contribution in [0, 0.1) is 17.2 Å². The zero-order chi connectivity index (χ0) is 23.2. The van der Waals surface area contributed by atoms with Gasteiger partial charge in [-0.2, -0.15) is 0 Å². The molecular formula is C27H33FN2O3. The van der Waals surface area contributed by atoms with E-state index in [1.165, 1.54) is 13.2 Å². The van der Waals surface area contributed by atoms with E-state index in [2.05, 4.69) is 30.1 Å². The molecule has 33 heavy (non-hydrogen) atoms. The van der Waals surface area contributed by atoms with Gasteiger partial charge in [0.15, 0.2) is 0 Å². The topological polar surface area (TPSA) is 50.8 Å². The lowest BCUT2D eigenvalue weighted by molar-refractivity contribution is -0.0353. The molecule has 2 atom stereocenters. The first-order valence-corrected chi connectivity index (χ1v) is 12.0. The number of aryl methyl sites for hydroxylation is 1. The zero-order valence-electron chi connectivity index (χ0n) is 19.7. The number of rotatable bonds is 4. The average molecular weight is 453 g/mol. The number of halogens is 1. The molecule has 3 fully saturated rings. The van der Waals surface area contributed by atoms with Gasteiger partial charge in [0.05, 0.1) is 13.2 Å². The van der Waals surface area contributed by atoms with Gasteiger partial charge in [0.25, 0.3) is 0 Å². The first kappa shape index (κ1) is 22.2. The number of amides is 1. The Morgan fingerprint density at radius 2 is 1.94 bits per heavy atom. The predicted octanol–water partition coefficient (Wildman–Crippen LogP) is 5.34. The summed E-state index contributed by atoms with van der Waals surface area (Å²) in [5.41, 5.74) is 3.52. The highest BCUT2D eigenvalue weighted by molar-refractivity contribution is 5.70. The molecule has 0 radical (unpaired) electrons. The van der Waals surface area contributed by atoms with Crippen LogP contribution in [0.5, 0.6) is 5.75 Å². The molecule has 1 amide bonds. The van der Waals surface area contributed by atoms with E-state index in [-0.39, 0.29) is 29.5 Å². The van der Waals surface area contributed by atoms with Crippen molar-refractivity contribution in [1.29, 1.82) is 0 Å². The number of alkyl carbamates (subject to hydrolysis) is 1. The number of nitrogens with one attached hydrogen (secondary N) is 1. The largest absolute Gasteiger partial charge is 0.497 e. The van der Waals surface area contributed by atoms with E-state index in [1.54, 1.807) is 12.1 Å². The monoisotopic (exact) mass is 452 g/mol. The zero-order valence-corrected chi connectivity index (χ0v) is 19.7. The number of nitrogens with zero attached hydrogens (tertiary/aromatic N) is 1. The molecule has 5 nitrogen and oxygen atoms in total. The van der Waals surface area contributed by atoms with Crippen LogP contribution in [-0.2, 0) is 11.2 Å². The molecule has 1 N–H and O–H groups in total. The van der Waals surface area contributed by atoms with E-state index >= 15 is 0 Å². The van der Waals surface area contributed by atoms with Crippen molar-refractivity contribution < 1.29 is 18.7 Å². The van der Waals surface area contributed by atoms with E-state index in [0.29, 0.717) is 17.2 Å². The van der Waals surface area contributed by atoms with Gasteiger partial charge in [0.1, 0.15) is 17.7 Å². The highest BCUT2D eigenvalue weighted by Gasteiger charge is 2.40. The molecule has 1 aliphatic carbocycles. The summed E-state index contributed by atoms with van der Waals surface area (Å²) in [6.45, 7) is 7.45. The Hall–Kier alpha value is -2.60. The number of hydrogen-bond donors (Lipinski definition) is 1. The molecule has 4 aliphatic rings. The fourth-order valence-electron chi connectivity index (χ4n) is 5.76. The van der Waals surface area contributed by atoms with Gasteiger partial charge in [-0.05, 0) is 78.9 Å². The Bertz CT molecular complexity index is 1050. The van der Waals surface area contributed by atoms with Crippen molar-refractivity contribution >= 4 is 6.09 Å². The van der Waals surface area contributed by atoms with Crippen LogP contribution < -0.4 is 10.1 Å². The third-order valence-electron chi connectivity index (χ3n) is 7.88. The van der Waals surface area contributed by atoms with Gasteiger partial charge in [0, 0.05) is 18.2 Å². The van der Waals surface area contributed by atoms with Crippen molar-refractivity contribution in [1.82, 2.24) is 10.2 Å². The van der Waals surface area contributed by atoms with Crippen LogP contribution in [0.1, 0.15) is 50.3 Å². The molecule has 0 unspecified atom stereocenters. The molecule has 2 aromatic carbocycles. The van der Waals surface area contributed by atoms with Crippen molar-refractivity contribution in [3.05, 3.63) is 53.3 Å². The average Bonchev–Trinajstić information content (AvgIpc) is 2.81. The van der Waals surface area contributed by atoms with Crippen molar-refractivity contribution in [3.8, 4) is 16.9 Å². The standard InChI is InChI=1S/C27H33FN2O3/c1-27(2)11-8-19-14-18(21-7-5-20(32-3)15-23(21)28)4-6-22(19)25(27)29-26(31)33-24-16-30-12-9-17(24)10-13-30/h4-7,14-15,17,24-25H,8-13,16H2,1-3H3,(H,29,31)/t24-,25-/m0/s1. The maximum absolute atomic E-state index is 14.7. The normalized spacial score (nSPS) is 27.5. The van der Waals surface area contributed by atoms with Crippen LogP contribution in [0.2, 0.25) is 0 Å². The molecular weight excluding hydrogens is 419 g/mol. The van der Waals surface area contributed by atoms with Gasteiger partial charge in [-0.25, -0.2) is 9.18 Å². The molecule has 3 saturated heterocycles. The minimum absolute atomic E-state index is 0.0147. The maximum atomic E-state index is 14.7. The summed E-state index contributed by atoms with van der Waals surface area (Å²) in [6, 6.07) is 10.8. The van der Waals surface area contributed by atoms with Crippen LogP contribution >= 0.6 is 0 Å². The number of ether oxygens (including phenoxy) is 2. The van der Waals surface area contributed by atoms with Gasteiger partial charge in [-0.15, -0.1) is 0 Å². The number of methoxy groups -OCH3 is 1. The van der Waals surface area contributed by atoms with Gasteiger partial charge in [-0.1, -0.05) is 32.0 Å². The summed E-state index contributed by atoms with van der Waals surface area (Å²) in [5.74, 6) is 0.678. The van der Waals surface area contributed by atoms with Crippen LogP contribution in [0.4, 0.5) is 9.18 Å². The first-order valence-electron chi connectivity index (χ1n) is 12.0. The predicted molar refractivity (Wildman–Crippen MR) is 126 cm³/mol. The molecule has 2 bridgehead atoms. The van der Waals surface area contributed by atoms with E-state index in [4.69, 9.17) is 9.47 Å². The Morgan fingerprint density at radius 1 is 1.15 bits per heavy atom. The van der Waals surface area contributed by atoms with Crippen LogP contribution in [0.15, 0.2) is 36.4 Å². The number of carbonyl (C=O) groups excluding carboxylic acids is 1. The summed E-state index contributed by atoms with van der Waals surface area (Å²) in [6.07, 6.45) is 3.70. The van der Waals surface area contributed by atoms with Gasteiger partial charge in [-0.3, -0.25) is 4.90 Å². The molecule has 6 heteroatoms. The number of fused-ring (bicyclic) bond motifs is 4. The lowest BCUT2D eigenvalue weighted by Gasteiger charge is -2.44. The van der Waals surface area contributed by atoms with Gasteiger partial charge < -0.3 is 14.8 Å². The Kier molecular flexibility index (Phi) is 5.81. The lowest BCUT2D eigenvalue weighted by Crippen LogP contribution is -2.53. The maximum Gasteiger partial charge on any atom is 0.407 e. The first-order chi connectivity index (χ1) is 15.8. The van der Waals surface area contributed by atoms with Crippen molar-refractivity contribution in [2.24, 2.45) is 11.3 Å². The van der Waals surface area contributed by atoms with Crippen LogP contribution in [-0.4, -0.2) is 43.8 Å². The summed E-state index contributed by atoms with van der Waals surface area (Å²) in [5, 5.41) is 3.19. The minimum Gasteiger partial charge on any atom is -0.497 e. The Morgan fingerprint density at radius 3 is 2.61 bits per heavy atom.